The molecule has 96 valence electrons. The van der Waals surface area contributed by atoms with E-state index in [0.717, 1.165) is 0 Å². The summed E-state index contributed by atoms with van der Waals surface area (Å²) in [5, 5.41) is 0.421. The third-order valence-electron chi connectivity index (χ3n) is 3.29. The molecule has 3 heterocycles. The van der Waals surface area contributed by atoms with Crippen LogP contribution in [0.4, 0.5) is 0 Å². The molecular formula is C12H13ClN2O3. The number of amides is 1. The monoisotopic (exact) mass is 268 g/mol. The highest BCUT2D eigenvalue weighted by atomic mass is 35.5. The van der Waals surface area contributed by atoms with Crippen LogP contribution in [0.1, 0.15) is 16.8 Å². The van der Waals surface area contributed by atoms with Crippen molar-refractivity contribution in [2.24, 2.45) is 0 Å². The molecule has 0 radical (unpaired) electrons. The molecule has 6 heteroatoms. The number of ether oxygens (including phenoxy) is 2. The maximum atomic E-state index is 12.3. The van der Waals surface area contributed by atoms with E-state index >= 15 is 0 Å². The Hall–Kier alpha value is -1.17. The Morgan fingerprint density at radius 2 is 2.22 bits per heavy atom. The fourth-order valence-corrected chi connectivity index (χ4v) is 2.55. The van der Waals surface area contributed by atoms with Crippen LogP contribution in [-0.2, 0) is 9.47 Å². The minimum Gasteiger partial charge on any atom is -0.346 e. The van der Waals surface area contributed by atoms with E-state index in [1.165, 1.54) is 6.20 Å². The molecule has 18 heavy (non-hydrogen) atoms. The van der Waals surface area contributed by atoms with Crippen molar-refractivity contribution in [1.29, 1.82) is 0 Å². The van der Waals surface area contributed by atoms with Gasteiger partial charge in [-0.1, -0.05) is 11.6 Å². The van der Waals surface area contributed by atoms with Crippen molar-refractivity contribution in [3.63, 3.8) is 0 Å². The third-order valence-corrected chi connectivity index (χ3v) is 3.62. The number of hydrogen-bond acceptors (Lipinski definition) is 4. The summed E-state index contributed by atoms with van der Waals surface area (Å²) in [5.74, 6) is -0.714. The zero-order valence-corrected chi connectivity index (χ0v) is 10.5. The molecule has 1 amide bonds. The summed E-state index contributed by atoms with van der Waals surface area (Å²) in [4.78, 5) is 17.9. The standard InChI is InChI=1S/C12H13ClN2O3/c13-10-1-3-14-7-9(10)11(16)15-4-2-12(8-15)17-5-6-18-12/h1,3,7H,2,4-6,8H2. The maximum Gasteiger partial charge on any atom is 0.257 e. The van der Waals surface area contributed by atoms with Gasteiger partial charge in [0.1, 0.15) is 0 Å². The lowest BCUT2D eigenvalue weighted by Crippen LogP contribution is -2.37. The molecule has 0 atom stereocenters. The molecule has 0 N–H and O–H groups in total. The molecular weight excluding hydrogens is 256 g/mol. The average molecular weight is 269 g/mol. The lowest BCUT2D eigenvalue weighted by atomic mass is 10.2. The lowest BCUT2D eigenvalue weighted by Gasteiger charge is -2.22. The van der Waals surface area contributed by atoms with Crippen molar-refractivity contribution < 1.29 is 14.3 Å². The van der Waals surface area contributed by atoms with Crippen LogP contribution in [0.15, 0.2) is 18.5 Å². The quantitative estimate of drug-likeness (QED) is 0.771. The van der Waals surface area contributed by atoms with Crippen LogP contribution in [0.3, 0.4) is 0 Å². The van der Waals surface area contributed by atoms with Crippen LogP contribution < -0.4 is 0 Å². The van der Waals surface area contributed by atoms with E-state index < -0.39 is 5.79 Å². The smallest absolute Gasteiger partial charge is 0.257 e. The molecule has 5 nitrogen and oxygen atoms in total. The molecule has 2 fully saturated rings. The van der Waals surface area contributed by atoms with Crippen LogP contribution >= 0.6 is 11.6 Å². The van der Waals surface area contributed by atoms with Crippen molar-refractivity contribution in [2.75, 3.05) is 26.3 Å². The first-order valence-electron chi connectivity index (χ1n) is 5.87. The van der Waals surface area contributed by atoms with Gasteiger partial charge in [-0.25, -0.2) is 0 Å². The number of hydrogen-bond donors (Lipinski definition) is 0. The third kappa shape index (κ3) is 1.98. The van der Waals surface area contributed by atoms with E-state index in [4.69, 9.17) is 21.1 Å². The number of halogens is 1. The molecule has 2 saturated heterocycles. The van der Waals surface area contributed by atoms with Crippen LogP contribution in [0, 0.1) is 0 Å². The van der Waals surface area contributed by atoms with Gasteiger partial charge < -0.3 is 14.4 Å². The Bertz CT molecular complexity index is 474. The topological polar surface area (TPSA) is 51.7 Å². The van der Waals surface area contributed by atoms with Crippen LogP contribution in [-0.4, -0.2) is 47.9 Å². The highest BCUT2D eigenvalue weighted by Crippen LogP contribution is 2.31. The van der Waals surface area contributed by atoms with Crippen LogP contribution in [0.2, 0.25) is 5.02 Å². The number of rotatable bonds is 1. The van der Waals surface area contributed by atoms with Crippen molar-refractivity contribution in [3.05, 3.63) is 29.0 Å². The van der Waals surface area contributed by atoms with E-state index in [2.05, 4.69) is 4.98 Å². The second kappa shape index (κ2) is 4.50. The summed E-state index contributed by atoms with van der Waals surface area (Å²) in [7, 11) is 0. The number of pyridine rings is 1. The number of nitrogens with zero attached hydrogens (tertiary/aromatic N) is 2. The summed E-state index contributed by atoms with van der Waals surface area (Å²) >= 11 is 6.00. The number of aromatic nitrogens is 1. The van der Waals surface area contributed by atoms with Gasteiger partial charge in [0.2, 0.25) is 0 Å². The molecule has 0 unspecified atom stereocenters. The van der Waals surface area contributed by atoms with Crippen molar-refractivity contribution >= 4 is 17.5 Å². The Morgan fingerprint density at radius 1 is 1.44 bits per heavy atom. The van der Waals surface area contributed by atoms with Gasteiger partial charge in [-0.05, 0) is 6.07 Å². The Morgan fingerprint density at radius 3 is 2.94 bits per heavy atom. The highest BCUT2D eigenvalue weighted by molar-refractivity contribution is 6.33. The van der Waals surface area contributed by atoms with Crippen LogP contribution in [0.5, 0.6) is 0 Å². The van der Waals surface area contributed by atoms with Crippen LogP contribution in [0.25, 0.3) is 0 Å². The molecule has 0 aromatic carbocycles. The summed E-state index contributed by atoms with van der Waals surface area (Å²) in [6.45, 7) is 2.26. The van der Waals surface area contributed by atoms with Gasteiger partial charge in [0, 0.05) is 25.4 Å². The van der Waals surface area contributed by atoms with Gasteiger partial charge in [0.05, 0.1) is 30.3 Å². The second-order valence-electron chi connectivity index (χ2n) is 4.44. The number of carbonyl (C=O) groups is 1. The summed E-state index contributed by atoms with van der Waals surface area (Å²) in [5.41, 5.74) is 0.425. The van der Waals surface area contributed by atoms with E-state index in [1.54, 1.807) is 17.2 Å². The Kier molecular flexibility index (Phi) is 2.97. The summed E-state index contributed by atoms with van der Waals surface area (Å²) < 4.78 is 11.2. The molecule has 1 aromatic rings. The largest absolute Gasteiger partial charge is 0.346 e. The predicted molar refractivity (Wildman–Crippen MR) is 64.4 cm³/mol. The van der Waals surface area contributed by atoms with Gasteiger partial charge >= 0.3 is 0 Å². The number of likely N-dealkylation sites (tertiary alicyclic amines) is 1. The van der Waals surface area contributed by atoms with E-state index in [0.29, 0.717) is 43.3 Å². The van der Waals surface area contributed by atoms with Crippen molar-refractivity contribution in [3.8, 4) is 0 Å². The van der Waals surface area contributed by atoms with Gasteiger partial charge in [-0.2, -0.15) is 0 Å². The molecule has 0 aliphatic carbocycles. The highest BCUT2D eigenvalue weighted by Gasteiger charge is 2.45. The fourth-order valence-electron chi connectivity index (χ4n) is 2.37. The van der Waals surface area contributed by atoms with Gasteiger partial charge in [0.15, 0.2) is 5.79 Å². The zero-order chi connectivity index (χ0) is 12.6. The minimum atomic E-state index is -0.593. The van der Waals surface area contributed by atoms with E-state index in [1.807, 2.05) is 0 Å². The molecule has 0 saturated carbocycles. The molecule has 2 aliphatic heterocycles. The molecule has 1 spiro atoms. The van der Waals surface area contributed by atoms with Gasteiger partial charge in [-0.15, -0.1) is 0 Å². The van der Waals surface area contributed by atoms with Gasteiger partial charge in [0.25, 0.3) is 5.91 Å². The second-order valence-corrected chi connectivity index (χ2v) is 4.85. The van der Waals surface area contributed by atoms with Crippen molar-refractivity contribution in [1.82, 2.24) is 9.88 Å². The SMILES string of the molecule is O=C(c1cnccc1Cl)N1CCC2(C1)OCCO2. The molecule has 0 bridgehead atoms. The zero-order valence-electron chi connectivity index (χ0n) is 9.76. The predicted octanol–water partition coefficient (Wildman–Crippen LogP) is 1.32. The molecule has 2 aliphatic rings. The first-order chi connectivity index (χ1) is 8.70. The fraction of sp³-hybridized carbons (Fsp3) is 0.500. The lowest BCUT2D eigenvalue weighted by molar-refractivity contribution is -0.143. The Balaban J connectivity index is 1.77. The minimum absolute atomic E-state index is 0.121. The Labute approximate surface area is 110 Å². The summed E-state index contributed by atoms with van der Waals surface area (Å²) in [6.07, 6.45) is 3.76. The first-order valence-corrected chi connectivity index (χ1v) is 6.25. The average Bonchev–Trinajstić information content (AvgIpc) is 3.00. The first kappa shape index (κ1) is 11.9. The maximum absolute atomic E-state index is 12.3. The van der Waals surface area contributed by atoms with E-state index in [-0.39, 0.29) is 5.91 Å². The molecule has 1 aromatic heterocycles. The van der Waals surface area contributed by atoms with Crippen molar-refractivity contribution in [2.45, 2.75) is 12.2 Å². The van der Waals surface area contributed by atoms with Gasteiger partial charge in [-0.3, -0.25) is 9.78 Å². The van der Waals surface area contributed by atoms with E-state index in [9.17, 15) is 4.79 Å². The summed E-state index contributed by atoms with van der Waals surface area (Å²) in [6, 6.07) is 1.61. The normalized spacial score (nSPS) is 21.7. The number of carbonyl (C=O) groups excluding carboxylic acids is 1. The molecule has 3 rings (SSSR count).